The summed E-state index contributed by atoms with van der Waals surface area (Å²) >= 11 is 0. The van der Waals surface area contributed by atoms with Crippen LogP contribution in [0.3, 0.4) is 0 Å². The van der Waals surface area contributed by atoms with Crippen molar-refractivity contribution in [1.82, 2.24) is 0 Å². The molecule has 0 spiro atoms. The second kappa shape index (κ2) is 33.9. The Kier molecular flexibility index (Phi) is 32.1. The summed E-state index contributed by atoms with van der Waals surface area (Å²) < 4.78 is 10.5. The zero-order chi connectivity index (χ0) is 33.9. The highest BCUT2D eigenvalue weighted by Crippen LogP contribution is 2.15. The third kappa shape index (κ3) is 31.5. The minimum Gasteiger partial charge on any atom is -0.462 e. The average Bonchev–Trinajstić information content (AvgIpc) is 3.05. The van der Waals surface area contributed by atoms with Crippen LogP contribution in [0.25, 0.3) is 0 Å². The smallest absolute Gasteiger partial charge is 0.306 e. The van der Waals surface area contributed by atoms with Gasteiger partial charge in [0.15, 0.2) is 6.10 Å². The molecule has 0 aliphatic rings. The lowest BCUT2D eigenvalue weighted by Gasteiger charge is -2.15. The summed E-state index contributed by atoms with van der Waals surface area (Å²) in [4.78, 5) is 24.2. The molecule has 0 saturated heterocycles. The maximum absolute atomic E-state index is 12.1. The van der Waals surface area contributed by atoms with Crippen molar-refractivity contribution >= 4 is 11.9 Å². The number of ether oxygens (including phenoxy) is 2. The molecule has 6 heteroatoms. The van der Waals surface area contributed by atoms with Gasteiger partial charge in [-0.2, -0.15) is 0 Å². The van der Waals surface area contributed by atoms with E-state index in [9.17, 15) is 19.8 Å². The molecule has 3 atom stereocenters. The van der Waals surface area contributed by atoms with Crippen molar-refractivity contribution in [2.24, 2.45) is 5.92 Å². The van der Waals surface area contributed by atoms with Crippen molar-refractivity contribution in [1.29, 1.82) is 0 Å². The molecular formula is C40H68O6. The topological polar surface area (TPSA) is 93.1 Å². The number of allylic oxidation sites excluding steroid dienone is 8. The van der Waals surface area contributed by atoms with Crippen LogP contribution in [0.15, 0.2) is 60.8 Å². The van der Waals surface area contributed by atoms with E-state index in [1.807, 2.05) is 37.3 Å². The number of rotatable bonds is 31. The number of carbonyl (C=O) groups is 2. The van der Waals surface area contributed by atoms with E-state index in [4.69, 9.17) is 9.47 Å². The van der Waals surface area contributed by atoms with Gasteiger partial charge in [0.1, 0.15) is 6.61 Å². The number of aliphatic hydroxyl groups is 2. The fourth-order valence-corrected chi connectivity index (χ4v) is 4.76. The number of hydrogen-bond acceptors (Lipinski definition) is 6. The molecule has 0 amide bonds. The third-order valence-corrected chi connectivity index (χ3v) is 7.94. The molecule has 0 rings (SSSR count). The first-order valence-corrected chi connectivity index (χ1v) is 18.3. The molecule has 0 saturated carbocycles. The van der Waals surface area contributed by atoms with Crippen LogP contribution in [-0.2, 0) is 19.1 Å². The van der Waals surface area contributed by atoms with Gasteiger partial charge in [0.05, 0.1) is 12.7 Å². The third-order valence-electron chi connectivity index (χ3n) is 7.94. The minimum atomic E-state index is -0.806. The summed E-state index contributed by atoms with van der Waals surface area (Å²) in [6.07, 6.45) is 39.0. The van der Waals surface area contributed by atoms with Crippen LogP contribution in [0, 0.1) is 5.92 Å². The van der Waals surface area contributed by atoms with E-state index in [-0.39, 0.29) is 31.6 Å². The maximum Gasteiger partial charge on any atom is 0.306 e. The monoisotopic (exact) mass is 645 g/mol. The molecule has 0 heterocycles. The van der Waals surface area contributed by atoms with Crippen molar-refractivity contribution in [3.63, 3.8) is 0 Å². The Morgan fingerprint density at radius 2 is 1.28 bits per heavy atom. The molecule has 6 nitrogen and oxygen atoms in total. The number of hydrogen-bond donors (Lipinski definition) is 2. The predicted molar refractivity (Wildman–Crippen MR) is 192 cm³/mol. The van der Waals surface area contributed by atoms with Crippen LogP contribution < -0.4 is 0 Å². The molecular weight excluding hydrogens is 576 g/mol. The molecule has 0 radical (unpaired) electrons. The quantitative estimate of drug-likeness (QED) is 0.0338. The first-order valence-electron chi connectivity index (χ1n) is 18.3. The maximum atomic E-state index is 12.1. The average molecular weight is 645 g/mol. The Bertz CT molecular complexity index is 856. The first-order chi connectivity index (χ1) is 22.4. The molecule has 0 aromatic carbocycles. The van der Waals surface area contributed by atoms with Crippen molar-refractivity contribution in [3.05, 3.63) is 60.8 Å². The Labute approximate surface area is 282 Å². The van der Waals surface area contributed by atoms with Crippen molar-refractivity contribution in [2.75, 3.05) is 13.2 Å². The minimum absolute atomic E-state index is 0.109. The van der Waals surface area contributed by atoms with Gasteiger partial charge in [0.25, 0.3) is 0 Å². The van der Waals surface area contributed by atoms with Gasteiger partial charge in [-0.1, -0.05) is 152 Å². The Balaban J connectivity index is 3.74. The summed E-state index contributed by atoms with van der Waals surface area (Å²) in [6.45, 7) is 6.19. The second-order valence-electron chi connectivity index (χ2n) is 12.4. The molecule has 264 valence electrons. The van der Waals surface area contributed by atoms with E-state index in [2.05, 4.69) is 44.2 Å². The summed E-state index contributed by atoms with van der Waals surface area (Å²) in [7, 11) is 0. The number of aliphatic hydroxyl groups excluding tert-OH is 2. The zero-order valence-corrected chi connectivity index (χ0v) is 29.6. The van der Waals surface area contributed by atoms with E-state index < -0.39 is 12.2 Å². The van der Waals surface area contributed by atoms with Gasteiger partial charge < -0.3 is 19.7 Å². The molecule has 2 unspecified atom stereocenters. The molecule has 0 aliphatic heterocycles. The van der Waals surface area contributed by atoms with E-state index in [1.165, 1.54) is 57.8 Å². The van der Waals surface area contributed by atoms with Crippen LogP contribution in [-0.4, -0.2) is 47.6 Å². The van der Waals surface area contributed by atoms with Gasteiger partial charge in [-0.15, -0.1) is 0 Å². The lowest BCUT2D eigenvalue weighted by molar-refractivity contribution is -0.161. The van der Waals surface area contributed by atoms with Gasteiger partial charge in [-0.05, 0) is 50.9 Å². The number of unbranched alkanes of at least 4 members (excludes halogenated alkanes) is 10. The van der Waals surface area contributed by atoms with Crippen molar-refractivity contribution in [3.8, 4) is 0 Å². The van der Waals surface area contributed by atoms with E-state index in [0.717, 1.165) is 50.9 Å². The van der Waals surface area contributed by atoms with Crippen LogP contribution in [0.4, 0.5) is 0 Å². The molecule has 46 heavy (non-hydrogen) atoms. The highest BCUT2D eigenvalue weighted by Gasteiger charge is 2.16. The fourth-order valence-electron chi connectivity index (χ4n) is 4.76. The standard InChI is InChI=1S/C40H68O6/c1-4-6-30-37(42)31-26-22-18-14-9-7-8-10-15-19-23-27-32-39(43)45-35-38(34-41)46-40(44)33-28-24-20-16-12-11-13-17-21-25-29-36(3)5-2/h6-8,14-15,18-19,22,26,30,36-38,41-42H,4-5,9-13,16-17,20-21,23-25,27-29,31-35H2,1-3H3/b8-7-,18-14-,19-15-,26-22+,30-6-/t36?,37?,38-/m0/s1. The second-order valence-corrected chi connectivity index (χ2v) is 12.4. The largest absolute Gasteiger partial charge is 0.462 e. The SMILES string of the molecule is CC/C=C\C(O)C/C=C/C=C\C/C=C\C/C=C\CCCC(=O)OC[C@H](CO)OC(=O)CCCCCCCCCCCCC(C)CC. The van der Waals surface area contributed by atoms with Gasteiger partial charge in [-0.3, -0.25) is 9.59 Å². The molecule has 0 bridgehead atoms. The van der Waals surface area contributed by atoms with Gasteiger partial charge in [0.2, 0.25) is 0 Å². The summed E-state index contributed by atoms with van der Waals surface area (Å²) in [5, 5.41) is 19.2. The number of esters is 2. The van der Waals surface area contributed by atoms with E-state index in [1.54, 1.807) is 0 Å². The van der Waals surface area contributed by atoms with Gasteiger partial charge in [0, 0.05) is 12.8 Å². The summed E-state index contributed by atoms with van der Waals surface area (Å²) in [5.41, 5.74) is 0. The first kappa shape index (κ1) is 43.6. The van der Waals surface area contributed by atoms with Crippen molar-refractivity contribution < 1.29 is 29.3 Å². The molecule has 0 aromatic rings. The highest BCUT2D eigenvalue weighted by atomic mass is 16.6. The highest BCUT2D eigenvalue weighted by molar-refractivity contribution is 5.70. The Hall–Kier alpha value is -2.44. The van der Waals surface area contributed by atoms with Crippen LogP contribution in [0.5, 0.6) is 0 Å². The van der Waals surface area contributed by atoms with Crippen molar-refractivity contribution in [2.45, 2.75) is 161 Å². The Morgan fingerprint density at radius 1 is 0.696 bits per heavy atom. The molecule has 2 N–H and O–H groups in total. The molecule has 0 fully saturated rings. The van der Waals surface area contributed by atoms with E-state index in [0.29, 0.717) is 19.3 Å². The van der Waals surface area contributed by atoms with E-state index >= 15 is 0 Å². The number of carbonyl (C=O) groups excluding carboxylic acids is 2. The van der Waals surface area contributed by atoms with Gasteiger partial charge in [-0.25, -0.2) is 0 Å². The van der Waals surface area contributed by atoms with Crippen LogP contribution in [0.2, 0.25) is 0 Å². The molecule has 0 aromatic heterocycles. The normalized spacial score (nSPS) is 14.3. The summed E-state index contributed by atoms with van der Waals surface area (Å²) in [5.74, 6) is 0.180. The molecule has 0 aliphatic carbocycles. The Morgan fingerprint density at radius 3 is 1.93 bits per heavy atom. The van der Waals surface area contributed by atoms with Crippen LogP contribution >= 0.6 is 0 Å². The van der Waals surface area contributed by atoms with Gasteiger partial charge >= 0.3 is 11.9 Å². The lowest BCUT2D eigenvalue weighted by atomic mass is 9.99. The lowest BCUT2D eigenvalue weighted by Crippen LogP contribution is -2.28. The fraction of sp³-hybridized carbons (Fsp3) is 0.700. The van der Waals surface area contributed by atoms with Crippen LogP contribution in [0.1, 0.15) is 149 Å². The zero-order valence-electron chi connectivity index (χ0n) is 29.6. The predicted octanol–water partition coefficient (Wildman–Crippen LogP) is 10.1. The summed E-state index contributed by atoms with van der Waals surface area (Å²) in [6, 6.07) is 0.